The molecule has 74 heavy (non-hydrogen) atoms. The first-order chi connectivity index (χ1) is 36.2. The summed E-state index contributed by atoms with van der Waals surface area (Å²) >= 11 is 0. The second-order valence-electron chi connectivity index (χ2n) is 21.3. The summed E-state index contributed by atoms with van der Waals surface area (Å²) in [5.74, 6) is 1.97. The number of nitrogens with zero attached hydrogens (tertiary/aromatic N) is 5. The van der Waals surface area contributed by atoms with Gasteiger partial charge in [0.2, 0.25) is 0 Å². The van der Waals surface area contributed by atoms with Crippen molar-refractivity contribution < 1.29 is 0 Å². The fourth-order valence-corrected chi connectivity index (χ4v) is 13.0. The van der Waals surface area contributed by atoms with Crippen molar-refractivity contribution in [3.63, 3.8) is 0 Å². The van der Waals surface area contributed by atoms with E-state index in [1.807, 2.05) is 36.4 Å². The van der Waals surface area contributed by atoms with E-state index in [9.17, 15) is 0 Å². The highest BCUT2D eigenvalue weighted by Gasteiger charge is 2.42. The van der Waals surface area contributed by atoms with Crippen LogP contribution in [0.5, 0.6) is 0 Å². The van der Waals surface area contributed by atoms with Crippen LogP contribution in [0.3, 0.4) is 0 Å². The molecular weight excluding hydrogens is 899 g/mol. The Bertz CT molecular complexity index is 4370. The van der Waals surface area contributed by atoms with Crippen LogP contribution < -0.4 is 20.9 Å². The molecular formula is C69H49N5. The fourth-order valence-electron chi connectivity index (χ4n) is 13.0. The minimum atomic E-state index is -0.337. The molecule has 0 saturated carbocycles. The highest BCUT2D eigenvalue weighted by atomic mass is 15.0. The van der Waals surface area contributed by atoms with Crippen molar-refractivity contribution in [2.45, 2.75) is 38.5 Å². The molecule has 3 heterocycles. The number of benzene rings is 6. The van der Waals surface area contributed by atoms with Crippen molar-refractivity contribution >= 4 is 35.5 Å². The van der Waals surface area contributed by atoms with Crippen LogP contribution in [0.15, 0.2) is 212 Å². The normalized spacial score (nSPS) is 15.3. The zero-order valence-corrected chi connectivity index (χ0v) is 41.6. The quantitative estimate of drug-likeness (QED) is 0.167. The monoisotopic (exact) mass is 947 g/mol. The Morgan fingerprint density at radius 1 is 0.378 bits per heavy atom. The minimum absolute atomic E-state index is 0.136. The van der Waals surface area contributed by atoms with E-state index >= 15 is 0 Å². The van der Waals surface area contributed by atoms with Crippen LogP contribution in [-0.4, -0.2) is 24.1 Å². The van der Waals surface area contributed by atoms with Crippen LogP contribution in [0.4, 0.5) is 0 Å². The van der Waals surface area contributed by atoms with Gasteiger partial charge in [-0.3, -0.25) is 0 Å². The Morgan fingerprint density at radius 3 is 1.45 bits per heavy atom. The van der Waals surface area contributed by atoms with Crippen LogP contribution in [-0.2, 0) is 10.8 Å². The standard InChI is InChI=1S/C69H49N5/c1-68(2)61-49(35-46-19-11-13-21-54(46)61)38-50-37-48-31-33-73(40-58(48)63(50)68)52-27-23-42(24-28-52)43-25-29-53(30-26-43)74-34-32-56-59(41-74)64-57(39-51-36-47-20-12-14-22-55(47)62(51)69(64,3)4)60(56)67-71-65(44-15-7-5-8-16-44)70-66(72-67)45-17-9-6-10-18-45/h5-41H,1-4H3. The lowest BCUT2D eigenvalue weighted by atomic mass is 9.69. The molecule has 0 fully saturated rings. The van der Waals surface area contributed by atoms with Crippen molar-refractivity contribution in [1.29, 1.82) is 0 Å². The summed E-state index contributed by atoms with van der Waals surface area (Å²) in [6.07, 6.45) is 18.5. The number of rotatable bonds is 6. The smallest absolute Gasteiger partial charge is 0.165 e. The van der Waals surface area contributed by atoms with Crippen molar-refractivity contribution in [3.8, 4) is 78.9 Å². The van der Waals surface area contributed by atoms with Crippen molar-refractivity contribution in [2.75, 3.05) is 0 Å². The molecule has 2 aliphatic heterocycles. The second kappa shape index (κ2) is 15.7. The molecule has 8 aliphatic rings. The molecule has 0 bridgehead atoms. The number of pyridine rings is 2. The zero-order chi connectivity index (χ0) is 49.5. The van der Waals surface area contributed by atoms with Crippen molar-refractivity contribution in [1.82, 2.24) is 24.1 Å². The predicted octanol–water partition coefficient (Wildman–Crippen LogP) is 13.0. The lowest BCUT2D eigenvalue weighted by molar-refractivity contribution is 0.689. The highest BCUT2D eigenvalue weighted by Crippen LogP contribution is 2.55. The summed E-state index contributed by atoms with van der Waals surface area (Å²) in [4.78, 5) is 15.7. The Hall–Kier alpha value is -9.19. The molecule has 6 aliphatic carbocycles. The van der Waals surface area contributed by atoms with E-state index < -0.39 is 0 Å². The summed E-state index contributed by atoms with van der Waals surface area (Å²) in [7, 11) is 0. The molecule has 350 valence electrons. The third-order valence-electron chi connectivity index (χ3n) is 16.3. The number of fused-ring (bicyclic) bond motifs is 10. The third kappa shape index (κ3) is 6.32. The Balaban J connectivity index is 0.804. The van der Waals surface area contributed by atoms with Gasteiger partial charge in [-0.2, -0.15) is 0 Å². The maximum atomic E-state index is 5.31. The van der Waals surface area contributed by atoms with E-state index in [0.29, 0.717) is 17.5 Å². The lowest BCUT2D eigenvalue weighted by Gasteiger charge is -2.33. The molecule has 15 rings (SSSR count). The van der Waals surface area contributed by atoms with Gasteiger partial charge in [0, 0.05) is 74.8 Å². The van der Waals surface area contributed by atoms with Crippen molar-refractivity contribution in [3.05, 3.63) is 255 Å². The predicted molar refractivity (Wildman–Crippen MR) is 303 cm³/mol. The first-order valence-electron chi connectivity index (χ1n) is 25.6. The summed E-state index contributed by atoms with van der Waals surface area (Å²) in [5.41, 5.74) is 22.4. The average Bonchev–Trinajstić information content (AvgIpc) is 4.21. The molecule has 7 aromatic rings. The van der Waals surface area contributed by atoms with Gasteiger partial charge in [-0.05, 0) is 154 Å². The average molecular weight is 948 g/mol. The second-order valence-corrected chi connectivity index (χ2v) is 21.3. The van der Waals surface area contributed by atoms with Gasteiger partial charge in [0.05, 0.1) is 0 Å². The van der Waals surface area contributed by atoms with Gasteiger partial charge in [-0.1, -0.05) is 161 Å². The van der Waals surface area contributed by atoms with E-state index in [2.05, 4.69) is 225 Å². The van der Waals surface area contributed by atoms with Crippen molar-refractivity contribution in [2.24, 2.45) is 0 Å². The highest BCUT2D eigenvalue weighted by molar-refractivity contribution is 6.06. The number of aromatic nitrogens is 5. The minimum Gasteiger partial charge on any atom is -0.323 e. The Labute approximate surface area is 429 Å². The van der Waals surface area contributed by atoms with Gasteiger partial charge in [0.25, 0.3) is 0 Å². The van der Waals surface area contributed by atoms with Gasteiger partial charge < -0.3 is 9.13 Å². The zero-order valence-electron chi connectivity index (χ0n) is 41.6. The largest absolute Gasteiger partial charge is 0.323 e. The Morgan fingerprint density at radius 2 is 0.865 bits per heavy atom. The molecule has 0 amide bonds. The molecule has 0 atom stereocenters. The lowest BCUT2D eigenvalue weighted by Crippen LogP contribution is -2.31. The summed E-state index contributed by atoms with van der Waals surface area (Å²) in [6.45, 7) is 9.55. The van der Waals surface area contributed by atoms with E-state index in [-0.39, 0.29) is 10.8 Å². The van der Waals surface area contributed by atoms with E-state index in [0.717, 1.165) is 39.2 Å². The molecule has 1 aromatic heterocycles. The number of allylic oxidation sites excluding steroid dienone is 2. The van der Waals surface area contributed by atoms with E-state index in [1.54, 1.807) is 0 Å². The van der Waals surface area contributed by atoms with Gasteiger partial charge in [0.1, 0.15) is 0 Å². The number of hydrogen-bond acceptors (Lipinski definition) is 3. The maximum absolute atomic E-state index is 5.31. The van der Waals surface area contributed by atoms with Gasteiger partial charge in [-0.15, -0.1) is 0 Å². The topological polar surface area (TPSA) is 48.5 Å². The van der Waals surface area contributed by atoms with Gasteiger partial charge in [-0.25, -0.2) is 15.0 Å². The van der Waals surface area contributed by atoms with Crippen LogP contribution in [0.25, 0.3) is 114 Å². The SMILES string of the molecule is CC1(C)C2=c3ccccc3=CC2=Cc2cc3ccn(-c4ccc(-c5ccc(-n6ccc7c(-c8nc(-c9ccccc9)nc(-c9ccccc9)n8)c8c(c-7c6)C(C)(C)C6=c7ccccc7=CC6=C8)cc5)cc4)cc-3c21. The molecule has 6 aromatic carbocycles. The number of hydrogen-bond donors (Lipinski definition) is 0. The summed E-state index contributed by atoms with van der Waals surface area (Å²) in [6, 6.07) is 62.9. The molecule has 0 spiro atoms. The first-order valence-corrected chi connectivity index (χ1v) is 25.6. The molecule has 5 nitrogen and oxygen atoms in total. The third-order valence-corrected chi connectivity index (χ3v) is 16.3. The summed E-state index contributed by atoms with van der Waals surface area (Å²) in [5, 5.41) is 5.22. The molecule has 0 saturated heterocycles. The van der Waals surface area contributed by atoms with Crippen LogP contribution in [0, 0.1) is 0 Å². The molecule has 0 radical (unpaired) electrons. The van der Waals surface area contributed by atoms with E-state index in [4.69, 9.17) is 15.0 Å². The van der Waals surface area contributed by atoms with E-state index in [1.165, 1.54) is 87.7 Å². The van der Waals surface area contributed by atoms with Gasteiger partial charge >= 0.3 is 0 Å². The summed E-state index contributed by atoms with van der Waals surface area (Å²) < 4.78 is 4.54. The molecule has 5 heteroatoms. The van der Waals surface area contributed by atoms with Crippen LogP contribution >= 0.6 is 0 Å². The van der Waals surface area contributed by atoms with Crippen LogP contribution in [0.2, 0.25) is 0 Å². The van der Waals surface area contributed by atoms with Crippen LogP contribution in [0.1, 0.15) is 49.9 Å². The maximum Gasteiger partial charge on any atom is 0.165 e. The molecule has 0 unspecified atom stereocenters. The molecule has 0 N–H and O–H groups in total. The van der Waals surface area contributed by atoms with Gasteiger partial charge in [0.15, 0.2) is 17.5 Å². The fraction of sp³-hybridized carbons (Fsp3) is 0.0870. The first kappa shape index (κ1) is 42.5. The Kier molecular flexibility index (Phi) is 8.99.